The fourth-order valence-electron chi connectivity index (χ4n) is 2.41. The van der Waals surface area contributed by atoms with E-state index in [0.29, 0.717) is 27.8 Å². The lowest BCUT2D eigenvalue weighted by Crippen LogP contribution is -2.48. The van der Waals surface area contributed by atoms with Crippen LogP contribution in [0.2, 0.25) is 5.02 Å². The number of hydrazine groups is 1. The van der Waals surface area contributed by atoms with Gasteiger partial charge in [-0.1, -0.05) is 29.8 Å². The topological polar surface area (TPSA) is 79.5 Å². The van der Waals surface area contributed by atoms with Crippen molar-refractivity contribution in [1.29, 1.82) is 0 Å². The van der Waals surface area contributed by atoms with Crippen LogP contribution < -0.4 is 20.9 Å². The smallest absolute Gasteiger partial charge is 0.281 e. The van der Waals surface area contributed by atoms with Crippen LogP contribution in [0.15, 0.2) is 48.5 Å². The molecule has 3 aromatic rings. The fraction of sp³-hybridized carbons (Fsp3) is 0.105. The molecule has 1 aromatic heterocycles. The summed E-state index contributed by atoms with van der Waals surface area (Å²) in [6.07, 6.45) is 0. The van der Waals surface area contributed by atoms with Crippen LogP contribution in [-0.2, 0) is 0 Å². The third kappa shape index (κ3) is 4.59. The Bertz CT molecular complexity index is 1030. The van der Waals surface area contributed by atoms with Gasteiger partial charge in [0.1, 0.15) is 10.6 Å². The SMILES string of the molecule is CCOc1ccc(C(=O)NC(=S)NNC(=O)c2sc3ccccc3c2Cl)cc1. The van der Waals surface area contributed by atoms with E-state index in [4.69, 9.17) is 28.6 Å². The number of fused-ring (bicyclic) bond motifs is 1. The summed E-state index contributed by atoms with van der Waals surface area (Å²) in [5.41, 5.74) is 5.36. The zero-order valence-corrected chi connectivity index (χ0v) is 17.1. The molecule has 0 bridgehead atoms. The lowest BCUT2D eigenvalue weighted by Gasteiger charge is -2.10. The molecule has 2 aromatic carbocycles. The number of hydrogen-bond donors (Lipinski definition) is 3. The van der Waals surface area contributed by atoms with Crippen molar-refractivity contribution in [2.24, 2.45) is 0 Å². The number of nitrogens with one attached hydrogen (secondary N) is 3. The molecule has 9 heteroatoms. The number of thiocarbonyl (C=S) groups is 1. The molecule has 0 fully saturated rings. The van der Waals surface area contributed by atoms with Crippen LogP contribution in [0.25, 0.3) is 10.1 Å². The number of benzene rings is 2. The normalized spacial score (nSPS) is 10.4. The Balaban J connectivity index is 1.56. The van der Waals surface area contributed by atoms with Crippen LogP contribution >= 0.6 is 35.2 Å². The van der Waals surface area contributed by atoms with Gasteiger partial charge in [-0.3, -0.25) is 25.8 Å². The number of carbonyl (C=O) groups is 2. The van der Waals surface area contributed by atoms with Crippen LogP contribution in [0.5, 0.6) is 5.75 Å². The van der Waals surface area contributed by atoms with E-state index in [0.717, 1.165) is 10.1 Å². The van der Waals surface area contributed by atoms with Crippen LogP contribution in [0.3, 0.4) is 0 Å². The van der Waals surface area contributed by atoms with E-state index in [1.165, 1.54) is 11.3 Å². The van der Waals surface area contributed by atoms with Gasteiger partial charge < -0.3 is 4.74 Å². The van der Waals surface area contributed by atoms with Gasteiger partial charge >= 0.3 is 0 Å². The molecule has 3 rings (SSSR count). The zero-order chi connectivity index (χ0) is 20.1. The summed E-state index contributed by atoms with van der Waals surface area (Å²) in [6.45, 7) is 2.42. The Morgan fingerprint density at radius 2 is 1.79 bits per heavy atom. The summed E-state index contributed by atoms with van der Waals surface area (Å²) in [4.78, 5) is 24.9. The van der Waals surface area contributed by atoms with Crippen LogP contribution in [0, 0.1) is 0 Å². The summed E-state index contributed by atoms with van der Waals surface area (Å²) in [6, 6.07) is 14.1. The van der Waals surface area contributed by atoms with Gasteiger partial charge in [-0.05, 0) is 49.5 Å². The van der Waals surface area contributed by atoms with Crippen molar-refractivity contribution in [3.05, 3.63) is 64.0 Å². The standard InChI is InChI=1S/C19H16ClN3O3S2/c1-2-26-12-9-7-11(8-10-12)17(24)21-19(27)23-22-18(25)16-15(20)13-5-3-4-6-14(13)28-16/h3-10H,2H2,1H3,(H,22,25)(H2,21,23,24,27). The molecular weight excluding hydrogens is 418 g/mol. The summed E-state index contributed by atoms with van der Waals surface area (Å²) in [7, 11) is 0. The minimum Gasteiger partial charge on any atom is -0.494 e. The van der Waals surface area contributed by atoms with Crippen LogP contribution in [-0.4, -0.2) is 23.5 Å². The summed E-state index contributed by atoms with van der Waals surface area (Å²) in [5.74, 6) is -0.175. The summed E-state index contributed by atoms with van der Waals surface area (Å²) >= 11 is 12.6. The molecule has 3 N–H and O–H groups in total. The lowest BCUT2D eigenvalue weighted by atomic mass is 10.2. The second kappa shape index (κ2) is 9.01. The minimum atomic E-state index is -0.441. The van der Waals surface area contributed by atoms with Crippen molar-refractivity contribution >= 4 is 62.2 Å². The van der Waals surface area contributed by atoms with E-state index in [2.05, 4.69) is 16.2 Å². The van der Waals surface area contributed by atoms with E-state index in [9.17, 15) is 9.59 Å². The number of amides is 2. The highest BCUT2D eigenvalue weighted by Crippen LogP contribution is 2.34. The molecule has 6 nitrogen and oxygen atoms in total. The Kier molecular flexibility index (Phi) is 6.45. The van der Waals surface area contributed by atoms with Gasteiger partial charge in [0, 0.05) is 15.6 Å². The molecule has 0 aliphatic heterocycles. The maximum atomic E-state index is 12.4. The van der Waals surface area contributed by atoms with Crippen molar-refractivity contribution in [1.82, 2.24) is 16.2 Å². The largest absolute Gasteiger partial charge is 0.494 e. The van der Waals surface area contributed by atoms with Crippen molar-refractivity contribution < 1.29 is 14.3 Å². The fourth-order valence-corrected chi connectivity index (χ4v) is 3.96. The molecule has 0 atom stereocenters. The Labute approximate surface area is 175 Å². The van der Waals surface area contributed by atoms with Crippen molar-refractivity contribution in [2.45, 2.75) is 6.92 Å². The third-order valence-electron chi connectivity index (χ3n) is 3.69. The van der Waals surface area contributed by atoms with E-state index in [1.54, 1.807) is 24.3 Å². The molecule has 0 unspecified atom stereocenters. The first-order valence-electron chi connectivity index (χ1n) is 8.31. The number of carbonyl (C=O) groups excluding carboxylic acids is 2. The molecular formula is C19H16ClN3O3S2. The van der Waals surface area contributed by atoms with Crippen molar-refractivity contribution in [3.8, 4) is 5.75 Å². The molecule has 0 aliphatic rings. The molecule has 2 amide bonds. The molecule has 0 saturated heterocycles. The van der Waals surface area contributed by atoms with Gasteiger partial charge in [-0.15, -0.1) is 11.3 Å². The zero-order valence-electron chi connectivity index (χ0n) is 14.7. The van der Waals surface area contributed by atoms with Crippen molar-refractivity contribution in [3.63, 3.8) is 0 Å². The number of halogens is 1. The summed E-state index contributed by atoms with van der Waals surface area (Å²) in [5, 5.41) is 3.64. The third-order valence-corrected chi connectivity index (χ3v) is 5.56. The first-order valence-corrected chi connectivity index (χ1v) is 9.91. The maximum absolute atomic E-state index is 12.4. The van der Waals surface area contributed by atoms with Gasteiger partial charge in [0.25, 0.3) is 11.8 Å². The Hall–Kier alpha value is -2.68. The second-order valence-electron chi connectivity index (χ2n) is 5.56. The molecule has 1 heterocycles. The van der Waals surface area contributed by atoms with Gasteiger partial charge in [-0.25, -0.2) is 0 Å². The molecule has 144 valence electrons. The quantitative estimate of drug-likeness (QED) is 0.429. The van der Waals surface area contributed by atoms with Crippen LogP contribution in [0.1, 0.15) is 27.0 Å². The monoisotopic (exact) mass is 433 g/mol. The second-order valence-corrected chi connectivity index (χ2v) is 7.40. The van der Waals surface area contributed by atoms with Gasteiger partial charge in [0.05, 0.1) is 11.6 Å². The molecule has 28 heavy (non-hydrogen) atoms. The first-order chi connectivity index (χ1) is 13.5. The molecule has 0 aliphatic carbocycles. The number of ether oxygens (including phenoxy) is 1. The predicted molar refractivity (Wildman–Crippen MR) is 115 cm³/mol. The lowest BCUT2D eigenvalue weighted by molar-refractivity contribution is 0.0938. The Morgan fingerprint density at radius 1 is 1.07 bits per heavy atom. The number of hydrogen-bond acceptors (Lipinski definition) is 5. The van der Waals surface area contributed by atoms with E-state index < -0.39 is 11.8 Å². The molecule has 0 saturated carbocycles. The minimum absolute atomic E-state index is 0.0375. The van der Waals surface area contributed by atoms with Crippen LogP contribution in [0.4, 0.5) is 0 Å². The predicted octanol–water partition coefficient (Wildman–Crippen LogP) is 3.90. The molecule has 0 radical (unpaired) electrons. The van der Waals surface area contributed by atoms with Gasteiger partial charge in [0.2, 0.25) is 0 Å². The maximum Gasteiger partial charge on any atom is 0.281 e. The van der Waals surface area contributed by atoms with E-state index in [1.807, 2.05) is 31.2 Å². The van der Waals surface area contributed by atoms with Gasteiger partial charge in [-0.2, -0.15) is 0 Å². The van der Waals surface area contributed by atoms with Crippen molar-refractivity contribution in [2.75, 3.05) is 6.61 Å². The van der Waals surface area contributed by atoms with E-state index in [-0.39, 0.29) is 5.11 Å². The highest BCUT2D eigenvalue weighted by molar-refractivity contribution is 7.80. The average molecular weight is 434 g/mol. The highest BCUT2D eigenvalue weighted by Gasteiger charge is 2.17. The van der Waals surface area contributed by atoms with E-state index >= 15 is 0 Å². The van der Waals surface area contributed by atoms with Gasteiger partial charge in [0.15, 0.2) is 5.11 Å². The first kappa shape index (κ1) is 20.1. The Morgan fingerprint density at radius 3 is 2.46 bits per heavy atom. The average Bonchev–Trinajstić information content (AvgIpc) is 3.04. The molecule has 0 spiro atoms. The number of thiophene rings is 1. The number of rotatable bonds is 4. The highest BCUT2D eigenvalue weighted by atomic mass is 35.5. The summed E-state index contributed by atoms with van der Waals surface area (Å²) < 4.78 is 6.24.